The zero-order valence-corrected chi connectivity index (χ0v) is 14.2. The molecule has 0 fully saturated rings. The van der Waals surface area contributed by atoms with Gasteiger partial charge in [-0.15, -0.1) is 0 Å². The number of hydrogen-bond acceptors (Lipinski definition) is 3. The summed E-state index contributed by atoms with van der Waals surface area (Å²) < 4.78 is 45.9. The van der Waals surface area contributed by atoms with Crippen molar-refractivity contribution in [2.24, 2.45) is 0 Å². The Bertz CT molecular complexity index is 773. The Morgan fingerprint density at radius 1 is 1.13 bits per heavy atom. The van der Waals surface area contributed by atoms with E-state index in [-0.39, 0.29) is 17.1 Å². The van der Waals surface area contributed by atoms with Crippen LogP contribution in [0.2, 0.25) is 0 Å². The fourth-order valence-electron chi connectivity index (χ4n) is 2.01. The second-order valence-electron chi connectivity index (χ2n) is 5.56. The molecule has 0 aliphatic carbocycles. The third-order valence-electron chi connectivity index (χ3n) is 3.32. The second-order valence-corrected chi connectivity index (χ2v) is 7.27. The van der Waals surface area contributed by atoms with Gasteiger partial charge in [0.1, 0.15) is 18.2 Å². The number of sulfonamides is 1. The molecule has 0 heterocycles. The standard InChI is InChI=1S/C17H20FNO3S/c1-12-4-6-15(7-5-12)22-11-14(3)19-23(20,21)16-8-9-17(18)13(2)10-16/h4-10,14,19H,11H2,1-3H3/t14-/m0/s1. The number of halogens is 1. The number of ether oxygens (including phenoxy) is 1. The summed E-state index contributed by atoms with van der Waals surface area (Å²) in [6, 6.07) is 10.8. The van der Waals surface area contributed by atoms with E-state index in [0.717, 1.165) is 11.6 Å². The van der Waals surface area contributed by atoms with Gasteiger partial charge in [-0.05, 0) is 56.7 Å². The Hall–Kier alpha value is -1.92. The van der Waals surface area contributed by atoms with Crippen LogP contribution in [0.3, 0.4) is 0 Å². The first kappa shape index (κ1) is 17.4. The van der Waals surface area contributed by atoms with E-state index >= 15 is 0 Å². The van der Waals surface area contributed by atoms with E-state index in [2.05, 4.69) is 4.72 Å². The first-order chi connectivity index (χ1) is 10.8. The van der Waals surface area contributed by atoms with Crippen molar-refractivity contribution in [2.75, 3.05) is 6.61 Å². The first-order valence-electron chi connectivity index (χ1n) is 7.26. The van der Waals surface area contributed by atoms with Gasteiger partial charge in [-0.2, -0.15) is 0 Å². The summed E-state index contributed by atoms with van der Waals surface area (Å²) in [6.07, 6.45) is 0. The minimum atomic E-state index is -3.71. The van der Waals surface area contributed by atoms with Crippen molar-refractivity contribution >= 4 is 10.0 Å². The molecular weight excluding hydrogens is 317 g/mol. The molecule has 6 heteroatoms. The summed E-state index contributed by atoms with van der Waals surface area (Å²) in [6.45, 7) is 5.41. The first-order valence-corrected chi connectivity index (χ1v) is 8.74. The van der Waals surface area contributed by atoms with Crippen LogP contribution in [0.4, 0.5) is 4.39 Å². The average Bonchev–Trinajstić information content (AvgIpc) is 2.49. The SMILES string of the molecule is Cc1ccc(OC[C@H](C)NS(=O)(=O)c2ccc(F)c(C)c2)cc1. The maximum atomic E-state index is 13.3. The molecule has 0 saturated carbocycles. The maximum absolute atomic E-state index is 13.3. The summed E-state index contributed by atoms with van der Waals surface area (Å²) in [5.74, 6) is 0.249. The molecule has 1 atom stereocenters. The van der Waals surface area contributed by atoms with Crippen LogP contribution in [-0.2, 0) is 10.0 Å². The minimum absolute atomic E-state index is 0.0404. The van der Waals surface area contributed by atoms with Crippen LogP contribution >= 0.6 is 0 Å². The summed E-state index contributed by atoms with van der Waals surface area (Å²) in [7, 11) is -3.71. The molecule has 2 rings (SSSR count). The van der Waals surface area contributed by atoms with Crippen molar-refractivity contribution in [1.29, 1.82) is 0 Å². The molecule has 0 aliphatic heterocycles. The van der Waals surface area contributed by atoms with Gasteiger partial charge in [0, 0.05) is 0 Å². The largest absolute Gasteiger partial charge is 0.492 e. The number of aryl methyl sites for hydroxylation is 2. The molecule has 0 saturated heterocycles. The third kappa shape index (κ3) is 4.77. The van der Waals surface area contributed by atoms with Crippen LogP contribution in [0, 0.1) is 19.7 Å². The molecule has 2 aromatic carbocycles. The van der Waals surface area contributed by atoms with Gasteiger partial charge >= 0.3 is 0 Å². The van der Waals surface area contributed by atoms with E-state index in [9.17, 15) is 12.8 Å². The third-order valence-corrected chi connectivity index (χ3v) is 4.90. The van der Waals surface area contributed by atoms with Gasteiger partial charge in [0.2, 0.25) is 10.0 Å². The predicted molar refractivity (Wildman–Crippen MR) is 87.6 cm³/mol. The molecule has 0 aliphatic rings. The Morgan fingerprint density at radius 2 is 1.78 bits per heavy atom. The molecule has 0 radical (unpaired) electrons. The van der Waals surface area contributed by atoms with Gasteiger partial charge in [-0.1, -0.05) is 17.7 Å². The van der Waals surface area contributed by atoms with E-state index in [1.807, 2.05) is 31.2 Å². The fourth-order valence-corrected chi connectivity index (χ4v) is 3.32. The molecule has 1 N–H and O–H groups in total. The van der Waals surface area contributed by atoms with Crippen molar-refractivity contribution in [3.63, 3.8) is 0 Å². The monoisotopic (exact) mass is 337 g/mol. The van der Waals surface area contributed by atoms with Crippen LogP contribution in [0.25, 0.3) is 0 Å². The highest BCUT2D eigenvalue weighted by molar-refractivity contribution is 7.89. The van der Waals surface area contributed by atoms with Crippen molar-refractivity contribution in [3.8, 4) is 5.75 Å². The van der Waals surface area contributed by atoms with Crippen LogP contribution < -0.4 is 9.46 Å². The van der Waals surface area contributed by atoms with Crippen molar-refractivity contribution < 1.29 is 17.5 Å². The quantitative estimate of drug-likeness (QED) is 0.881. The van der Waals surface area contributed by atoms with E-state index in [4.69, 9.17) is 4.74 Å². The van der Waals surface area contributed by atoms with Crippen molar-refractivity contribution in [1.82, 2.24) is 4.72 Å². The molecule has 2 aromatic rings. The highest BCUT2D eigenvalue weighted by atomic mass is 32.2. The summed E-state index contributed by atoms with van der Waals surface area (Å²) >= 11 is 0. The number of benzene rings is 2. The lowest BCUT2D eigenvalue weighted by molar-refractivity contribution is 0.287. The molecule has 0 aromatic heterocycles. The van der Waals surface area contributed by atoms with Crippen molar-refractivity contribution in [2.45, 2.75) is 31.7 Å². The summed E-state index contributed by atoms with van der Waals surface area (Å²) in [4.78, 5) is 0.0404. The molecular formula is C17H20FNO3S. The van der Waals surface area contributed by atoms with E-state index in [1.54, 1.807) is 6.92 Å². The second kappa shape index (κ2) is 7.10. The normalized spacial score (nSPS) is 12.9. The zero-order chi connectivity index (χ0) is 17.0. The predicted octanol–water partition coefficient (Wildman–Crippen LogP) is 3.19. The Balaban J connectivity index is 1.99. The van der Waals surface area contributed by atoms with Gasteiger partial charge in [0.25, 0.3) is 0 Å². The Kier molecular flexibility index (Phi) is 5.38. The smallest absolute Gasteiger partial charge is 0.240 e. The number of hydrogen-bond donors (Lipinski definition) is 1. The van der Waals surface area contributed by atoms with Crippen LogP contribution in [0.1, 0.15) is 18.1 Å². The number of rotatable bonds is 6. The van der Waals surface area contributed by atoms with Gasteiger partial charge in [0.15, 0.2) is 0 Å². The highest BCUT2D eigenvalue weighted by Crippen LogP contribution is 2.15. The fraction of sp³-hybridized carbons (Fsp3) is 0.294. The summed E-state index contributed by atoms with van der Waals surface area (Å²) in [5.41, 5.74) is 1.41. The van der Waals surface area contributed by atoms with E-state index < -0.39 is 21.9 Å². The van der Waals surface area contributed by atoms with Gasteiger partial charge in [-0.3, -0.25) is 0 Å². The van der Waals surface area contributed by atoms with Crippen LogP contribution in [0.15, 0.2) is 47.4 Å². The zero-order valence-electron chi connectivity index (χ0n) is 13.3. The van der Waals surface area contributed by atoms with Gasteiger partial charge in [0.05, 0.1) is 10.9 Å². The highest BCUT2D eigenvalue weighted by Gasteiger charge is 2.18. The van der Waals surface area contributed by atoms with Crippen LogP contribution in [-0.4, -0.2) is 21.1 Å². The van der Waals surface area contributed by atoms with Gasteiger partial charge < -0.3 is 4.74 Å². The molecule has 0 spiro atoms. The van der Waals surface area contributed by atoms with E-state index in [0.29, 0.717) is 5.75 Å². The minimum Gasteiger partial charge on any atom is -0.492 e. The maximum Gasteiger partial charge on any atom is 0.240 e. The summed E-state index contributed by atoms with van der Waals surface area (Å²) in [5, 5.41) is 0. The lowest BCUT2D eigenvalue weighted by Crippen LogP contribution is -2.36. The molecule has 0 bridgehead atoms. The molecule has 23 heavy (non-hydrogen) atoms. The van der Waals surface area contributed by atoms with Crippen LogP contribution in [0.5, 0.6) is 5.75 Å². The van der Waals surface area contributed by atoms with Crippen molar-refractivity contribution in [3.05, 3.63) is 59.4 Å². The molecule has 0 amide bonds. The van der Waals surface area contributed by atoms with Gasteiger partial charge in [-0.25, -0.2) is 17.5 Å². The Labute approximate surface area is 136 Å². The molecule has 124 valence electrons. The molecule has 4 nitrogen and oxygen atoms in total. The Morgan fingerprint density at radius 3 is 2.39 bits per heavy atom. The lowest BCUT2D eigenvalue weighted by Gasteiger charge is -2.15. The molecule has 0 unspecified atom stereocenters. The number of nitrogens with one attached hydrogen (secondary N) is 1. The van der Waals surface area contributed by atoms with E-state index in [1.165, 1.54) is 19.1 Å². The topological polar surface area (TPSA) is 55.4 Å². The average molecular weight is 337 g/mol. The lowest BCUT2D eigenvalue weighted by atomic mass is 10.2.